The van der Waals surface area contributed by atoms with Gasteiger partial charge in [-0.3, -0.25) is 4.79 Å². The van der Waals surface area contributed by atoms with E-state index in [4.69, 9.17) is 5.26 Å². The molecule has 1 amide bonds. The van der Waals surface area contributed by atoms with Crippen molar-refractivity contribution in [1.82, 2.24) is 4.98 Å². The lowest BCUT2D eigenvalue weighted by molar-refractivity contribution is 0.102. The Morgan fingerprint density at radius 3 is 2.76 bits per heavy atom. The predicted octanol–water partition coefficient (Wildman–Crippen LogP) is 2.95. The van der Waals surface area contributed by atoms with E-state index in [0.717, 1.165) is 17.9 Å². The first-order valence-electron chi connectivity index (χ1n) is 6.66. The minimum atomic E-state index is -0.285. The van der Waals surface area contributed by atoms with Crippen LogP contribution in [0.2, 0.25) is 0 Å². The van der Waals surface area contributed by atoms with Gasteiger partial charge in [-0.15, -0.1) is 0 Å². The van der Waals surface area contributed by atoms with Crippen LogP contribution in [0.4, 0.5) is 11.5 Å². The van der Waals surface area contributed by atoms with Crippen molar-refractivity contribution in [3.05, 3.63) is 53.2 Å². The van der Waals surface area contributed by atoms with Crippen LogP contribution < -0.4 is 10.6 Å². The van der Waals surface area contributed by atoms with E-state index in [9.17, 15) is 4.79 Å². The third-order valence-electron chi connectivity index (χ3n) is 3.02. The van der Waals surface area contributed by atoms with E-state index in [-0.39, 0.29) is 5.91 Å². The number of benzene rings is 1. The summed E-state index contributed by atoms with van der Waals surface area (Å²) in [6.45, 7) is 4.58. The van der Waals surface area contributed by atoms with E-state index in [1.807, 2.05) is 19.9 Å². The van der Waals surface area contributed by atoms with Crippen LogP contribution in [0.1, 0.15) is 28.4 Å². The summed E-state index contributed by atoms with van der Waals surface area (Å²) in [6, 6.07) is 10.9. The number of nitrogens with zero attached hydrogens (tertiary/aromatic N) is 2. The first kappa shape index (κ1) is 14.5. The second kappa shape index (κ2) is 6.53. The lowest BCUT2D eigenvalue weighted by Crippen LogP contribution is -2.13. The molecule has 1 aromatic carbocycles. The summed E-state index contributed by atoms with van der Waals surface area (Å²) in [4.78, 5) is 16.3. The average molecular weight is 280 g/mol. The number of aromatic nitrogens is 1. The molecule has 1 aromatic heterocycles. The summed E-state index contributed by atoms with van der Waals surface area (Å²) < 4.78 is 0. The van der Waals surface area contributed by atoms with E-state index in [1.54, 1.807) is 24.3 Å². The molecule has 0 radical (unpaired) electrons. The zero-order valence-electron chi connectivity index (χ0n) is 12.0. The molecule has 0 bridgehead atoms. The van der Waals surface area contributed by atoms with Gasteiger partial charge in [-0.25, -0.2) is 4.98 Å². The Labute approximate surface area is 123 Å². The Hall–Kier alpha value is -2.87. The first-order chi connectivity index (χ1) is 10.2. The van der Waals surface area contributed by atoms with E-state index in [0.29, 0.717) is 16.8 Å². The van der Waals surface area contributed by atoms with Crippen LogP contribution in [0, 0.1) is 18.3 Å². The highest BCUT2D eigenvalue weighted by Crippen LogP contribution is 2.19. The van der Waals surface area contributed by atoms with Crippen LogP contribution in [0.15, 0.2) is 36.5 Å². The number of nitrogens with one attached hydrogen (secondary N) is 2. The van der Waals surface area contributed by atoms with E-state index in [2.05, 4.69) is 21.7 Å². The van der Waals surface area contributed by atoms with Gasteiger partial charge in [0.1, 0.15) is 11.9 Å². The van der Waals surface area contributed by atoms with E-state index < -0.39 is 0 Å². The molecule has 2 rings (SSSR count). The molecule has 5 nitrogen and oxygen atoms in total. The van der Waals surface area contributed by atoms with Gasteiger partial charge in [-0.2, -0.15) is 5.26 Å². The van der Waals surface area contributed by atoms with Crippen LogP contribution >= 0.6 is 0 Å². The molecule has 0 aliphatic carbocycles. The summed E-state index contributed by atoms with van der Waals surface area (Å²) in [6.07, 6.45) is 1.51. The molecule has 1 heterocycles. The molecule has 5 heteroatoms. The Kier molecular flexibility index (Phi) is 4.52. The Morgan fingerprint density at radius 1 is 1.33 bits per heavy atom. The molecule has 0 spiro atoms. The molecule has 2 aromatic rings. The topological polar surface area (TPSA) is 77.8 Å². The van der Waals surface area contributed by atoms with Crippen LogP contribution in [0.5, 0.6) is 0 Å². The van der Waals surface area contributed by atoms with Crippen molar-refractivity contribution in [2.75, 3.05) is 17.2 Å². The number of pyridine rings is 1. The molecule has 0 aliphatic heterocycles. The third-order valence-corrected chi connectivity index (χ3v) is 3.02. The quantitative estimate of drug-likeness (QED) is 0.902. The second-order valence-corrected chi connectivity index (χ2v) is 4.53. The second-order valence-electron chi connectivity index (χ2n) is 4.53. The Balaban J connectivity index is 2.19. The smallest absolute Gasteiger partial charge is 0.257 e. The Bertz CT molecular complexity index is 686. The van der Waals surface area contributed by atoms with Gasteiger partial charge < -0.3 is 10.6 Å². The highest BCUT2D eigenvalue weighted by Gasteiger charge is 2.10. The molecule has 0 unspecified atom stereocenters. The minimum Gasteiger partial charge on any atom is -0.370 e. The normalized spacial score (nSPS) is 9.76. The molecule has 106 valence electrons. The van der Waals surface area contributed by atoms with Crippen molar-refractivity contribution in [2.45, 2.75) is 13.8 Å². The maximum absolute atomic E-state index is 12.2. The largest absolute Gasteiger partial charge is 0.370 e. The van der Waals surface area contributed by atoms with E-state index in [1.165, 1.54) is 6.20 Å². The summed E-state index contributed by atoms with van der Waals surface area (Å²) in [5.41, 5.74) is 2.26. The number of rotatable bonds is 4. The molecule has 0 aliphatic rings. The van der Waals surface area contributed by atoms with Crippen molar-refractivity contribution in [3.8, 4) is 6.07 Å². The number of nitriles is 1. The zero-order chi connectivity index (χ0) is 15.2. The summed E-state index contributed by atoms with van der Waals surface area (Å²) in [5.74, 6) is 0.440. The number of carbonyl (C=O) groups excluding carboxylic acids is 1. The Morgan fingerprint density at radius 2 is 2.14 bits per heavy atom. The number of carbonyl (C=O) groups is 1. The fourth-order valence-corrected chi connectivity index (χ4v) is 1.93. The summed E-state index contributed by atoms with van der Waals surface area (Å²) in [7, 11) is 0. The monoisotopic (exact) mass is 280 g/mol. The van der Waals surface area contributed by atoms with Crippen molar-refractivity contribution in [3.63, 3.8) is 0 Å². The van der Waals surface area contributed by atoms with Gasteiger partial charge in [0.05, 0.1) is 16.8 Å². The SMILES string of the molecule is CCNc1ccc(C(=O)Nc2cccc(C)c2C#N)cn1. The minimum absolute atomic E-state index is 0.285. The zero-order valence-corrected chi connectivity index (χ0v) is 12.0. The highest BCUT2D eigenvalue weighted by molar-refractivity contribution is 6.04. The van der Waals surface area contributed by atoms with Gasteiger partial charge in [-0.1, -0.05) is 12.1 Å². The van der Waals surface area contributed by atoms with Gasteiger partial charge in [0.15, 0.2) is 0 Å². The maximum atomic E-state index is 12.2. The van der Waals surface area contributed by atoms with Crippen molar-refractivity contribution < 1.29 is 4.79 Å². The average Bonchev–Trinajstić information content (AvgIpc) is 2.48. The van der Waals surface area contributed by atoms with E-state index >= 15 is 0 Å². The van der Waals surface area contributed by atoms with Crippen molar-refractivity contribution in [2.24, 2.45) is 0 Å². The third kappa shape index (κ3) is 3.37. The molecule has 0 saturated carbocycles. The standard InChI is InChI=1S/C16H16N4O/c1-3-18-15-8-7-12(10-19-15)16(21)20-14-6-4-5-11(2)13(14)9-17/h4-8,10H,3H2,1-2H3,(H,18,19)(H,20,21). The van der Waals surface area contributed by atoms with Crippen molar-refractivity contribution >= 4 is 17.4 Å². The van der Waals surface area contributed by atoms with Gasteiger partial charge in [0.25, 0.3) is 5.91 Å². The summed E-state index contributed by atoms with van der Waals surface area (Å²) >= 11 is 0. The van der Waals surface area contributed by atoms with Crippen LogP contribution in [0.25, 0.3) is 0 Å². The molecule has 2 N–H and O–H groups in total. The number of hydrogen-bond donors (Lipinski definition) is 2. The van der Waals surface area contributed by atoms with Gasteiger partial charge in [0.2, 0.25) is 0 Å². The number of amides is 1. The lowest BCUT2D eigenvalue weighted by Gasteiger charge is -2.09. The molecule has 21 heavy (non-hydrogen) atoms. The van der Waals surface area contributed by atoms with Gasteiger partial charge in [-0.05, 0) is 37.6 Å². The first-order valence-corrected chi connectivity index (χ1v) is 6.66. The summed E-state index contributed by atoms with van der Waals surface area (Å²) in [5, 5.41) is 15.0. The van der Waals surface area contributed by atoms with Crippen LogP contribution in [-0.4, -0.2) is 17.4 Å². The maximum Gasteiger partial charge on any atom is 0.257 e. The lowest BCUT2D eigenvalue weighted by atomic mass is 10.1. The molecular formula is C16H16N4O. The van der Waals surface area contributed by atoms with Gasteiger partial charge >= 0.3 is 0 Å². The molecule has 0 saturated heterocycles. The molecular weight excluding hydrogens is 264 g/mol. The fraction of sp³-hybridized carbons (Fsp3) is 0.188. The molecule has 0 fully saturated rings. The molecule has 0 atom stereocenters. The number of hydrogen-bond acceptors (Lipinski definition) is 4. The van der Waals surface area contributed by atoms with Gasteiger partial charge in [0, 0.05) is 12.7 Å². The van der Waals surface area contributed by atoms with Crippen LogP contribution in [-0.2, 0) is 0 Å². The number of anilines is 2. The fourth-order valence-electron chi connectivity index (χ4n) is 1.93. The van der Waals surface area contributed by atoms with Crippen LogP contribution in [0.3, 0.4) is 0 Å². The highest BCUT2D eigenvalue weighted by atomic mass is 16.1. The predicted molar refractivity (Wildman–Crippen MR) is 82.2 cm³/mol. The van der Waals surface area contributed by atoms with Crippen molar-refractivity contribution in [1.29, 1.82) is 5.26 Å². The number of aryl methyl sites for hydroxylation is 1.